The van der Waals surface area contributed by atoms with E-state index in [0.29, 0.717) is 11.1 Å². The maximum absolute atomic E-state index is 12.8. The van der Waals surface area contributed by atoms with E-state index in [0.717, 1.165) is 0 Å². The van der Waals surface area contributed by atoms with E-state index in [2.05, 4.69) is 0 Å². The summed E-state index contributed by atoms with van der Waals surface area (Å²) in [5.41, 5.74) is 0.942. The molecule has 1 atom stereocenters. The van der Waals surface area contributed by atoms with E-state index in [-0.39, 0.29) is 17.5 Å². The molecule has 0 aliphatic rings. The van der Waals surface area contributed by atoms with E-state index in [4.69, 9.17) is 0 Å². The summed E-state index contributed by atoms with van der Waals surface area (Å²) in [6.45, 7) is 5.19. The summed E-state index contributed by atoms with van der Waals surface area (Å²) < 4.78 is 12.8. The molecule has 0 bridgehead atoms. The first-order valence-corrected chi connectivity index (χ1v) is 4.92. The number of halogens is 1. The number of carbonyl (C=O) groups excluding carboxylic acids is 1. The van der Waals surface area contributed by atoms with Gasteiger partial charge in [0.1, 0.15) is 11.9 Å². The van der Waals surface area contributed by atoms with E-state index in [1.165, 1.54) is 18.2 Å². The van der Waals surface area contributed by atoms with Gasteiger partial charge in [-0.3, -0.25) is 4.79 Å². The van der Waals surface area contributed by atoms with Gasteiger partial charge in [-0.25, -0.2) is 4.39 Å². The third-order valence-corrected chi connectivity index (χ3v) is 2.35. The first-order chi connectivity index (χ1) is 6.93. The Morgan fingerprint density at radius 2 is 2.00 bits per heavy atom. The molecule has 0 aromatic heterocycles. The van der Waals surface area contributed by atoms with Crippen LogP contribution in [0.5, 0.6) is 0 Å². The summed E-state index contributed by atoms with van der Waals surface area (Å²) >= 11 is 0. The van der Waals surface area contributed by atoms with Crippen molar-refractivity contribution in [3.05, 3.63) is 35.1 Å². The van der Waals surface area contributed by atoms with E-state index in [1.54, 1.807) is 20.8 Å². The summed E-state index contributed by atoms with van der Waals surface area (Å²) in [7, 11) is 0. The molecule has 0 aliphatic carbocycles. The van der Waals surface area contributed by atoms with Gasteiger partial charge in [-0.15, -0.1) is 0 Å². The van der Waals surface area contributed by atoms with Gasteiger partial charge in [0.25, 0.3) is 0 Å². The molecule has 1 rings (SSSR count). The Balaban J connectivity index is 3.01. The normalized spacial score (nSPS) is 12.9. The first-order valence-electron chi connectivity index (χ1n) is 4.92. The topological polar surface area (TPSA) is 37.3 Å². The molecule has 3 heteroatoms. The first kappa shape index (κ1) is 11.9. The van der Waals surface area contributed by atoms with Crippen LogP contribution in [0.4, 0.5) is 4.39 Å². The number of aliphatic hydroxyl groups excluding tert-OH is 1. The highest BCUT2D eigenvalue weighted by molar-refractivity contribution is 6.00. The molecule has 1 unspecified atom stereocenters. The van der Waals surface area contributed by atoms with E-state index in [1.807, 2.05) is 0 Å². The number of ketones is 1. The van der Waals surface area contributed by atoms with E-state index < -0.39 is 6.10 Å². The van der Waals surface area contributed by atoms with Crippen LogP contribution in [0.3, 0.4) is 0 Å². The minimum absolute atomic E-state index is 0.137. The van der Waals surface area contributed by atoms with Gasteiger partial charge in [0, 0.05) is 5.56 Å². The van der Waals surface area contributed by atoms with Gasteiger partial charge < -0.3 is 5.11 Å². The lowest BCUT2D eigenvalue weighted by Gasteiger charge is -2.14. The molecular weight excluding hydrogens is 195 g/mol. The van der Waals surface area contributed by atoms with Crippen molar-refractivity contribution >= 4 is 5.78 Å². The molecule has 15 heavy (non-hydrogen) atoms. The zero-order valence-electron chi connectivity index (χ0n) is 9.12. The number of hydrogen-bond donors (Lipinski definition) is 1. The van der Waals surface area contributed by atoms with E-state index in [9.17, 15) is 14.3 Å². The molecule has 1 N–H and O–H groups in total. The molecule has 82 valence electrons. The molecule has 1 aromatic carbocycles. The van der Waals surface area contributed by atoms with Crippen LogP contribution < -0.4 is 0 Å². The van der Waals surface area contributed by atoms with Crippen molar-refractivity contribution in [1.29, 1.82) is 0 Å². The monoisotopic (exact) mass is 210 g/mol. The second-order valence-corrected chi connectivity index (χ2v) is 4.01. The summed E-state index contributed by atoms with van der Waals surface area (Å²) in [5.74, 6) is -0.854. The Bertz CT molecular complexity index is 372. The van der Waals surface area contributed by atoms with Crippen LogP contribution in [0.2, 0.25) is 0 Å². The molecule has 1 aromatic rings. The Hall–Kier alpha value is -1.22. The van der Waals surface area contributed by atoms with Crippen LogP contribution in [-0.2, 0) is 0 Å². The van der Waals surface area contributed by atoms with Crippen LogP contribution in [0.15, 0.2) is 18.2 Å². The highest BCUT2D eigenvalue weighted by Crippen LogP contribution is 2.15. The predicted molar refractivity (Wildman–Crippen MR) is 56.3 cm³/mol. The Morgan fingerprint density at radius 3 is 2.47 bits per heavy atom. The summed E-state index contributed by atoms with van der Waals surface area (Å²) in [4.78, 5) is 11.7. The average molecular weight is 210 g/mol. The zero-order chi connectivity index (χ0) is 11.6. The second-order valence-electron chi connectivity index (χ2n) is 4.01. The lowest BCUT2D eigenvalue weighted by Crippen LogP contribution is -2.26. The quantitative estimate of drug-likeness (QED) is 0.777. The standard InChI is InChI=1S/C12H15FO2/c1-7(2)11(14)12(15)10-5-4-9(13)6-8(10)3/h4-7,11,14H,1-3H3. The van der Waals surface area contributed by atoms with Crippen molar-refractivity contribution in [2.45, 2.75) is 26.9 Å². The van der Waals surface area contributed by atoms with Crippen molar-refractivity contribution < 1.29 is 14.3 Å². The van der Waals surface area contributed by atoms with Gasteiger partial charge in [0.05, 0.1) is 0 Å². The molecule has 0 spiro atoms. The summed E-state index contributed by atoms with van der Waals surface area (Å²) in [6, 6.07) is 3.94. The second kappa shape index (κ2) is 4.53. The lowest BCUT2D eigenvalue weighted by atomic mass is 9.95. The number of aryl methyl sites for hydroxylation is 1. The molecule has 0 aliphatic heterocycles. The van der Waals surface area contributed by atoms with E-state index >= 15 is 0 Å². The molecule has 0 saturated carbocycles. The van der Waals surface area contributed by atoms with Crippen LogP contribution in [0.1, 0.15) is 29.8 Å². The third kappa shape index (κ3) is 2.63. The van der Waals surface area contributed by atoms with Gasteiger partial charge >= 0.3 is 0 Å². The van der Waals surface area contributed by atoms with Crippen molar-refractivity contribution in [2.24, 2.45) is 5.92 Å². The van der Waals surface area contributed by atoms with Gasteiger partial charge in [0.15, 0.2) is 5.78 Å². The minimum atomic E-state index is -1.02. The third-order valence-electron chi connectivity index (χ3n) is 2.35. The van der Waals surface area contributed by atoms with Crippen LogP contribution in [0, 0.1) is 18.7 Å². The highest BCUT2D eigenvalue weighted by Gasteiger charge is 2.21. The maximum Gasteiger partial charge on any atom is 0.191 e. The van der Waals surface area contributed by atoms with Gasteiger partial charge in [-0.1, -0.05) is 13.8 Å². The fourth-order valence-electron chi connectivity index (χ4n) is 1.37. The number of carbonyl (C=O) groups is 1. The number of hydrogen-bond acceptors (Lipinski definition) is 2. The van der Waals surface area contributed by atoms with Gasteiger partial charge in [-0.05, 0) is 36.6 Å². The van der Waals surface area contributed by atoms with Gasteiger partial charge in [-0.2, -0.15) is 0 Å². The van der Waals surface area contributed by atoms with Crippen LogP contribution in [0.25, 0.3) is 0 Å². The van der Waals surface area contributed by atoms with Crippen molar-refractivity contribution in [1.82, 2.24) is 0 Å². The zero-order valence-corrected chi connectivity index (χ0v) is 9.12. The Kier molecular flexibility index (Phi) is 3.58. The number of aliphatic hydroxyl groups is 1. The van der Waals surface area contributed by atoms with Crippen LogP contribution >= 0.6 is 0 Å². The minimum Gasteiger partial charge on any atom is -0.385 e. The SMILES string of the molecule is Cc1cc(F)ccc1C(=O)C(O)C(C)C. The number of Topliss-reactive ketones (excluding diaryl/α,β-unsaturated/α-hetero) is 1. The van der Waals surface area contributed by atoms with Crippen LogP contribution in [-0.4, -0.2) is 17.0 Å². The molecule has 0 heterocycles. The molecular formula is C12H15FO2. The Morgan fingerprint density at radius 1 is 1.40 bits per heavy atom. The number of rotatable bonds is 3. The summed E-state index contributed by atoms with van der Waals surface area (Å²) in [6.07, 6.45) is -1.02. The molecule has 2 nitrogen and oxygen atoms in total. The van der Waals surface area contributed by atoms with Crippen molar-refractivity contribution in [3.8, 4) is 0 Å². The van der Waals surface area contributed by atoms with Gasteiger partial charge in [0.2, 0.25) is 0 Å². The average Bonchev–Trinajstić information content (AvgIpc) is 2.15. The molecule has 0 amide bonds. The molecule has 0 saturated heterocycles. The predicted octanol–water partition coefficient (Wildman–Crippen LogP) is 2.33. The highest BCUT2D eigenvalue weighted by atomic mass is 19.1. The number of benzene rings is 1. The lowest BCUT2D eigenvalue weighted by molar-refractivity contribution is 0.0647. The smallest absolute Gasteiger partial charge is 0.191 e. The maximum atomic E-state index is 12.8. The fourth-order valence-corrected chi connectivity index (χ4v) is 1.37. The molecule has 0 fully saturated rings. The fraction of sp³-hybridized carbons (Fsp3) is 0.417. The Labute approximate surface area is 88.7 Å². The molecule has 0 radical (unpaired) electrons. The summed E-state index contributed by atoms with van der Waals surface area (Å²) in [5, 5.41) is 9.60. The van der Waals surface area contributed by atoms with Crippen molar-refractivity contribution in [2.75, 3.05) is 0 Å². The van der Waals surface area contributed by atoms with Crippen molar-refractivity contribution in [3.63, 3.8) is 0 Å². The largest absolute Gasteiger partial charge is 0.385 e.